The standard InChI is InChI=1S/C11H21NO/c1-4-10(5-2)12-8-6-7-11(12)9-13-3/h4,11H,5-9H2,1-3H3/b10-4-/t11-/m0/s1. The fourth-order valence-electron chi connectivity index (χ4n) is 2.15. The smallest absolute Gasteiger partial charge is 0.0666 e. The molecular formula is C11H21NO. The lowest BCUT2D eigenvalue weighted by Gasteiger charge is -2.28. The van der Waals surface area contributed by atoms with Crippen LogP contribution in [0.5, 0.6) is 0 Å². The first-order valence-corrected chi connectivity index (χ1v) is 5.24. The number of likely N-dealkylation sites (tertiary alicyclic amines) is 1. The van der Waals surface area contributed by atoms with Crippen LogP contribution in [0.3, 0.4) is 0 Å². The zero-order chi connectivity index (χ0) is 9.68. The molecule has 0 N–H and O–H groups in total. The SMILES string of the molecule is C/C=C(/CC)N1CCC[C@H]1COC. The minimum absolute atomic E-state index is 0.621. The fourth-order valence-corrected chi connectivity index (χ4v) is 2.15. The summed E-state index contributed by atoms with van der Waals surface area (Å²) in [4.78, 5) is 2.50. The summed E-state index contributed by atoms with van der Waals surface area (Å²) in [5, 5.41) is 0. The number of methoxy groups -OCH3 is 1. The molecule has 0 aromatic rings. The van der Waals surface area contributed by atoms with E-state index in [2.05, 4.69) is 24.8 Å². The van der Waals surface area contributed by atoms with Crippen molar-refractivity contribution in [3.63, 3.8) is 0 Å². The highest BCUT2D eigenvalue weighted by Crippen LogP contribution is 2.23. The van der Waals surface area contributed by atoms with Crippen LogP contribution >= 0.6 is 0 Å². The van der Waals surface area contributed by atoms with Gasteiger partial charge in [0.1, 0.15) is 0 Å². The third-order valence-corrected chi connectivity index (χ3v) is 2.80. The monoisotopic (exact) mass is 183 g/mol. The van der Waals surface area contributed by atoms with Crippen molar-refractivity contribution in [2.45, 2.75) is 39.2 Å². The average molecular weight is 183 g/mol. The maximum Gasteiger partial charge on any atom is 0.0666 e. The maximum absolute atomic E-state index is 5.23. The molecule has 0 aromatic carbocycles. The van der Waals surface area contributed by atoms with Crippen molar-refractivity contribution in [1.82, 2.24) is 4.90 Å². The van der Waals surface area contributed by atoms with Gasteiger partial charge >= 0.3 is 0 Å². The molecule has 1 saturated heterocycles. The van der Waals surface area contributed by atoms with Crippen LogP contribution in [-0.4, -0.2) is 31.2 Å². The number of hydrogen-bond donors (Lipinski definition) is 0. The van der Waals surface area contributed by atoms with Crippen molar-refractivity contribution in [1.29, 1.82) is 0 Å². The normalized spacial score (nSPS) is 24.1. The van der Waals surface area contributed by atoms with Gasteiger partial charge in [0.15, 0.2) is 0 Å². The Morgan fingerprint density at radius 3 is 2.92 bits per heavy atom. The molecule has 0 unspecified atom stereocenters. The Hall–Kier alpha value is -0.500. The van der Waals surface area contributed by atoms with Crippen LogP contribution in [0.15, 0.2) is 11.8 Å². The molecule has 1 fully saturated rings. The van der Waals surface area contributed by atoms with Gasteiger partial charge in [-0.1, -0.05) is 13.0 Å². The summed E-state index contributed by atoms with van der Waals surface area (Å²) in [6.07, 6.45) is 5.96. The molecular weight excluding hydrogens is 162 g/mol. The van der Waals surface area contributed by atoms with Crippen molar-refractivity contribution >= 4 is 0 Å². The second-order valence-corrected chi connectivity index (χ2v) is 3.58. The molecule has 0 amide bonds. The molecule has 1 rings (SSSR count). The molecule has 1 atom stereocenters. The first-order chi connectivity index (χ1) is 6.33. The van der Waals surface area contributed by atoms with Crippen LogP contribution in [-0.2, 0) is 4.74 Å². The van der Waals surface area contributed by atoms with E-state index < -0.39 is 0 Å². The van der Waals surface area contributed by atoms with Crippen LogP contribution in [0.1, 0.15) is 33.1 Å². The summed E-state index contributed by atoms with van der Waals surface area (Å²) < 4.78 is 5.23. The van der Waals surface area contributed by atoms with E-state index in [0.29, 0.717) is 6.04 Å². The highest BCUT2D eigenvalue weighted by molar-refractivity contribution is 5.03. The highest BCUT2D eigenvalue weighted by atomic mass is 16.5. The zero-order valence-electron chi connectivity index (χ0n) is 9.05. The quantitative estimate of drug-likeness (QED) is 0.663. The Morgan fingerprint density at radius 1 is 1.62 bits per heavy atom. The molecule has 0 bridgehead atoms. The molecule has 0 spiro atoms. The lowest BCUT2D eigenvalue weighted by Crippen LogP contribution is -2.31. The lowest BCUT2D eigenvalue weighted by atomic mass is 10.2. The van der Waals surface area contributed by atoms with Crippen LogP contribution < -0.4 is 0 Å². The van der Waals surface area contributed by atoms with Crippen molar-refractivity contribution < 1.29 is 4.74 Å². The Morgan fingerprint density at radius 2 is 2.38 bits per heavy atom. The molecule has 76 valence electrons. The summed E-state index contributed by atoms with van der Waals surface area (Å²) in [5.74, 6) is 0. The second kappa shape index (κ2) is 5.28. The van der Waals surface area contributed by atoms with Gasteiger partial charge in [-0.15, -0.1) is 0 Å². The first-order valence-electron chi connectivity index (χ1n) is 5.24. The minimum atomic E-state index is 0.621. The fraction of sp³-hybridized carbons (Fsp3) is 0.818. The number of ether oxygens (including phenoxy) is 1. The summed E-state index contributed by atoms with van der Waals surface area (Å²) in [7, 11) is 1.79. The summed E-state index contributed by atoms with van der Waals surface area (Å²) in [5.41, 5.74) is 1.47. The molecule has 0 saturated carbocycles. The van der Waals surface area contributed by atoms with Crippen molar-refractivity contribution in [3.8, 4) is 0 Å². The lowest BCUT2D eigenvalue weighted by molar-refractivity contribution is 0.131. The van der Waals surface area contributed by atoms with Gasteiger partial charge in [0.2, 0.25) is 0 Å². The van der Waals surface area contributed by atoms with Gasteiger partial charge in [0.05, 0.1) is 12.6 Å². The van der Waals surface area contributed by atoms with E-state index in [9.17, 15) is 0 Å². The molecule has 2 heteroatoms. The molecule has 0 aromatic heterocycles. The molecule has 1 aliphatic rings. The average Bonchev–Trinajstić information content (AvgIpc) is 2.57. The molecule has 13 heavy (non-hydrogen) atoms. The van der Waals surface area contributed by atoms with Crippen LogP contribution in [0, 0.1) is 0 Å². The van der Waals surface area contributed by atoms with E-state index in [0.717, 1.165) is 13.0 Å². The summed E-state index contributed by atoms with van der Waals surface area (Å²) >= 11 is 0. The van der Waals surface area contributed by atoms with Gasteiger partial charge in [0.25, 0.3) is 0 Å². The van der Waals surface area contributed by atoms with Gasteiger partial charge < -0.3 is 9.64 Å². The number of rotatable bonds is 4. The summed E-state index contributed by atoms with van der Waals surface area (Å²) in [6, 6.07) is 0.621. The Balaban J connectivity index is 2.56. The van der Waals surface area contributed by atoms with Crippen molar-refractivity contribution in [2.75, 3.05) is 20.3 Å². The Labute approximate surface area is 81.6 Å². The molecule has 1 heterocycles. The molecule has 1 aliphatic heterocycles. The molecule has 2 nitrogen and oxygen atoms in total. The summed E-state index contributed by atoms with van der Waals surface area (Å²) in [6.45, 7) is 6.43. The zero-order valence-corrected chi connectivity index (χ0v) is 9.05. The van der Waals surface area contributed by atoms with E-state index in [1.807, 2.05) is 0 Å². The van der Waals surface area contributed by atoms with E-state index >= 15 is 0 Å². The second-order valence-electron chi connectivity index (χ2n) is 3.58. The van der Waals surface area contributed by atoms with E-state index in [1.54, 1.807) is 7.11 Å². The predicted molar refractivity (Wildman–Crippen MR) is 55.7 cm³/mol. The van der Waals surface area contributed by atoms with Crippen LogP contribution in [0.2, 0.25) is 0 Å². The molecule has 0 aliphatic carbocycles. The van der Waals surface area contributed by atoms with Gasteiger partial charge in [-0.2, -0.15) is 0 Å². The third kappa shape index (κ3) is 2.47. The highest BCUT2D eigenvalue weighted by Gasteiger charge is 2.24. The van der Waals surface area contributed by atoms with E-state index in [1.165, 1.54) is 25.1 Å². The van der Waals surface area contributed by atoms with Crippen LogP contribution in [0.25, 0.3) is 0 Å². The minimum Gasteiger partial charge on any atom is -0.383 e. The predicted octanol–water partition coefficient (Wildman–Crippen LogP) is 2.41. The molecule has 0 radical (unpaired) electrons. The van der Waals surface area contributed by atoms with Crippen molar-refractivity contribution in [2.24, 2.45) is 0 Å². The van der Waals surface area contributed by atoms with Gasteiger partial charge in [-0.25, -0.2) is 0 Å². The van der Waals surface area contributed by atoms with E-state index in [-0.39, 0.29) is 0 Å². The first kappa shape index (κ1) is 10.6. The number of allylic oxidation sites excluding steroid dienone is 2. The largest absolute Gasteiger partial charge is 0.383 e. The topological polar surface area (TPSA) is 12.5 Å². The Kier molecular flexibility index (Phi) is 4.29. The van der Waals surface area contributed by atoms with Gasteiger partial charge in [-0.3, -0.25) is 0 Å². The number of nitrogens with zero attached hydrogens (tertiary/aromatic N) is 1. The maximum atomic E-state index is 5.23. The third-order valence-electron chi connectivity index (χ3n) is 2.80. The van der Waals surface area contributed by atoms with E-state index in [4.69, 9.17) is 4.74 Å². The van der Waals surface area contributed by atoms with Gasteiger partial charge in [0, 0.05) is 19.4 Å². The van der Waals surface area contributed by atoms with Crippen LogP contribution in [0.4, 0.5) is 0 Å². The van der Waals surface area contributed by atoms with Gasteiger partial charge in [-0.05, 0) is 26.2 Å². The Bertz CT molecular complexity index is 177. The van der Waals surface area contributed by atoms with Crippen molar-refractivity contribution in [3.05, 3.63) is 11.8 Å². The number of hydrogen-bond acceptors (Lipinski definition) is 2.